The highest BCUT2D eigenvalue weighted by Gasteiger charge is 2.25. The third-order valence-electron chi connectivity index (χ3n) is 5.61. The lowest BCUT2D eigenvalue weighted by Gasteiger charge is -2.34. The topological polar surface area (TPSA) is 63.9 Å². The molecule has 6 nitrogen and oxygen atoms in total. The number of rotatable bonds is 2. The lowest BCUT2D eigenvalue weighted by atomic mass is 10.0. The SMILES string of the molecule is O=c1c2ccccc2ncn1[C@@H]1CCCN(c2cc3c(nn2)CCC3)C1. The number of anilines is 1. The van der Waals surface area contributed by atoms with Crippen molar-refractivity contribution in [1.82, 2.24) is 19.7 Å². The molecule has 0 spiro atoms. The van der Waals surface area contributed by atoms with E-state index in [1.165, 1.54) is 12.0 Å². The molecule has 3 aromatic rings. The summed E-state index contributed by atoms with van der Waals surface area (Å²) in [5.74, 6) is 0.942. The van der Waals surface area contributed by atoms with Crippen molar-refractivity contribution in [2.24, 2.45) is 0 Å². The number of fused-ring (bicyclic) bond motifs is 2. The first-order valence-electron chi connectivity index (χ1n) is 9.36. The van der Waals surface area contributed by atoms with Gasteiger partial charge < -0.3 is 4.90 Å². The van der Waals surface area contributed by atoms with Crippen molar-refractivity contribution < 1.29 is 0 Å². The Kier molecular flexibility index (Phi) is 3.69. The van der Waals surface area contributed by atoms with Crippen LogP contribution in [0.5, 0.6) is 0 Å². The number of para-hydroxylation sites is 1. The summed E-state index contributed by atoms with van der Waals surface area (Å²) >= 11 is 0. The highest BCUT2D eigenvalue weighted by molar-refractivity contribution is 5.76. The fourth-order valence-corrected chi connectivity index (χ4v) is 4.20. The summed E-state index contributed by atoms with van der Waals surface area (Å²) in [5.41, 5.74) is 3.28. The first-order valence-corrected chi connectivity index (χ1v) is 9.36. The van der Waals surface area contributed by atoms with Crippen LogP contribution in [-0.2, 0) is 12.8 Å². The lowest BCUT2D eigenvalue weighted by Crippen LogP contribution is -2.40. The molecule has 0 saturated carbocycles. The highest BCUT2D eigenvalue weighted by atomic mass is 16.1. The number of hydrogen-bond donors (Lipinski definition) is 0. The van der Waals surface area contributed by atoms with E-state index in [2.05, 4.69) is 26.1 Å². The maximum absolute atomic E-state index is 12.9. The molecule has 3 heterocycles. The molecule has 1 fully saturated rings. The Morgan fingerprint density at radius 3 is 2.96 bits per heavy atom. The molecule has 1 aliphatic carbocycles. The predicted octanol–water partition coefficient (Wildman–Crippen LogP) is 2.52. The number of hydrogen-bond acceptors (Lipinski definition) is 5. The minimum Gasteiger partial charge on any atom is -0.353 e. The summed E-state index contributed by atoms with van der Waals surface area (Å²) in [6.45, 7) is 1.73. The second kappa shape index (κ2) is 6.20. The molecule has 1 aliphatic heterocycles. The Labute approximate surface area is 151 Å². The van der Waals surface area contributed by atoms with Gasteiger partial charge in [-0.05, 0) is 55.9 Å². The summed E-state index contributed by atoms with van der Waals surface area (Å²) in [7, 11) is 0. The van der Waals surface area contributed by atoms with E-state index in [0.29, 0.717) is 5.39 Å². The van der Waals surface area contributed by atoms with Gasteiger partial charge in [0.25, 0.3) is 5.56 Å². The van der Waals surface area contributed by atoms with Crippen molar-refractivity contribution in [2.45, 2.75) is 38.1 Å². The molecule has 0 N–H and O–H groups in total. The van der Waals surface area contributed by atoms with Crippen molar-refractivity contribution in [3.8, 4) is 0 Å². The van der Waals surface area contributed by atoms with Gasteiger partial charge in [-0.2, -0.15) is 5.10 Å². The number of benzene rings is 1. The highest BCUT2D eigenvalue weighted by Crippen LogP contribution is 2.27. The van der Waals surface area contributed by atoms with Gasteiger partial charge in [0, 0.05) is 13.1 Å². The van der Waals surface area contributed by atoms with Crippen LogP contribution in [0, 0.1) is 0 Å². The molecule has 0 bridgehead atoms. The average Bonchev–Trinajstić information content (AvgIpc) is 3.16. The maximum atomic E-state index is 12.9. The zero-order valence-electron chi connectivity index (χ0n) is 14.6. The van der Waals surface area contributed by atoms with Crippen LogP contribution < -0.4 is 10.5 Å². The van der Waals surface area contributed by atoms with Crippen LogP contribution in [0.15, 0.2) is 41.5 Å². The molecule has 132 valence electrons. The molecule has 6 heteroatoms. The normalized spacial score (nSPS) is 19.7. The van der Waals surface area contributed by atoms with E-state index >= 15 is 0 Å². The van der Waals surface area contributed by atoms with E-state index in [9.17, 15) is 4.79 Å². The summed E-state index contributed by atoms with van der Waals surface area (Å²) in [4.78, 5) is 19.6. The van der Waals surface area contributed by atoms with Crippen LogP contribution in [0.3, 0.4) is 0 Å². The van der Waals surface area contributed by atoms with Crippen molar-refractivity contribution in [3.05, 3.63) is 58.3 Å². The molecule has 0 radical (unpaired) electrons. The molecular weight excluding hydrogens is 326 g/mol. The molecule has 0 amide bonds. The zero-order valence-corrected chi connectivity index (χ0v) is 14.6. The first-order chi connectivity index (χ1) is 12.8. The molecule has 2 aromatic heterocycles. The third-order valence-corrected chi connectivity index (χ3v) is 5.61. The van der Waals surface area contributed by atoms with Gasteiger partial charge in [-0.25, -0.2) is 4.98 Å². The summed E-state index contributed by atoms with van der Waals surface area (Å²) in [5, 5.41) is 9.55. The van der Waals surface area contributed by atoms with E-state index in [1.54, 1.807) is 10.9 Å². The third kappa shape index (κ3) is 2.57. The van der Waals surface area contributed by atoms with E-state index in [0.717, 1.165) is 55.8 Å². The summed E-state index contributed by atoms with van der Waals surface area (Å²) in [6.07, 6.45) is 7.03. The van der Waals surface area contributed by atoms with Crippen molar-refractivity contribution >= 4 is 16.7 Å². The summed E-state index contributed by atoms with van der Waals surface area (Å²) < 4.78 is 1.80. The molecule has 5 rings (SSSR count). The molecule has 0 unspecified atom stereocenters. The fourth-order valence-electron chi connectivity index (χ4n) is 4.20. The van der Waals surface area contributed by atoms with Crippen molar-refractivity contribution in [3.63, 3.8) is 0 Å². The number of piperidine rings is 1. The average molecular weight is 347 g/mol. The van der Waals surface area contributed by atoms with Gasteiger partial charge in [0.15, 0.2) is 5.82 Å². The summed E-state index contributed by atoms with van der Waals surface area (Å²) in [6, 6.07) is 9.85. The molecule has 1 aromatic carbocycles. The van der Waals surface area contributed by atoms with Gasteiger partial charge in [0.05, 0.1) is 29.0 Å². The Morgan fingerprint density at radius 1 is 1.08 bits per heavy atom. The maximum Gasteiger partial charge on any atom is 0.261 e. The van der Waals surface area contributed by atoms with Crippen LogP contribution in [0.4, 0.5) is 5.82 Å². The largest absolute Gasteiger partial charge is 0.353 e. The van der Waals surface area contributed by atoms with Crippen LogP contribution in [-0.4, -0.2) is 32.8 Å². The minimum atomic E-state index is 0.0440. The number of aromatic nitrogens is 4. The van der Waals surface area contributed by atoms with E-state index in [4.69, 9.17) is 0 Å². The van der Waals surface area contributed by atoms with Crippen LogP contribution in [0.2, 0.25) is 0 Å². The van der Waals surface area contributed by atoms with E-state index in [1.807, 2.05) is 24.3 Å². The van der Waals surface area contributed by atoms with Gasteiger partial charge in [-0.1, -0.05) is 12.1 Å². The fraction of sp³-hybridized carbons (Fsp3) is 0.400. The molecule has 1 atom stereocenters. The van der Waals surface area contributed by atoms with Gasteiger partial charge in [-0.15, -0.1) is 5.10 Å². The quantitative estimate of drug-likeness (QED) is 0.713. The van der Waals surface area contributed by atoms with Gasteiger partial charge in [-0.3, -0.25) is 9.36 Å². The Hall–Kier alpha value is -2.76. The Balaban J connectivity index is 1.46. The molecular formula is C20H21N5O. The van der Waals surface area contributed by atoms with Crippen LogP contribution in [0.1, 0.15) is 36.6 Å². The van der Waals surface area contributed by atoms with Crippen LogP contribution in [0.25, 0.3) is 10.9 Å². The first kappa shape index (κ1) is 15.5. The monoisotopic (exact) mass is 347 g/mol. The van der Waals surface area contributed by atoms with Gasteiger partial charge in [0.2, 0.25) is 0 Å². The molecule has 1 saturated heterocycles. The zero-order chi connectivity index (χ0) is 17.5. The number of aryl methyl sites for hydroxylation is 2. The molecule has 26 heavy (non-hydrogen) atoms. The lowest BCUT2D eigenvalue weighted by molar-refractivity contribution is 0.393. The second-order valence-corrected chi connectivity index (χ2v) is 7.24. The van der Waals surface area contributed by atoms with Crippen molar-refractivity contribution in [1.29, 1.82) is 0 Å². The molecule has 2 aliphatic rings. The Morgan fingerprint density at radius 2 is 2.00 bits per heavy atom. The van der Waals surface area contributed by atoms with E-state index < -0.39 is 0 Å². The standard InChI is InChI=1S/C20H21N5O/c26-20-16-7-1-2-8-18(16)21-13-25(20)15-6-4-10-24(12-15)19-11-14-5-3-9-17(14)22-23-19/h1-2,7-8,11,13,15H,3-6,9-10,12H2/t15-/m1/s1. The second-order valence-electron chi connectivity index (χ2n) is 7.24. The minimum absolute atomic E-state index is 0.0440. The van der Waals surface area contributed by atoms with Crippen molar-refractivity contribution in [2.75, 3.05) is 18.0 Å². The van der Waals surface area contributed by atoms with Gasteiger partial charge in [0.1, 0.15) is 0 Å². The van der Waals surface area contributed by atoms with Gasteiger partial charge >= 0.3 is 0 Å². The predicted molar refractivity (Wildman–Crippen MR) is 101 cm³/mol. The Bertz CT molecular complexity index is 1030. The van der Waals surface area contributed by atoms with Crippen LogP contribution >= 0.6 is 0 Å². The smallest absolute Gasteiger partial charge is 0.261 e. The van der Waals surface area contributed by atoms with E-state index in [-0.39, 0.29) is 11.6 Å². The number of nitrogens with zero attached hydrogens (tertiary/aromatic N) is 5.